The van der Waals surface area contributed by atoms with Gasteiger partial charge in [0.05, 0.1) is 11.2 Å². The van der Waals surface area contributed by atoms with Crippen LogP contribution in [0.4, 0.5) is 0 Å². The van der Waals surface area contributed by atoms with Crippen LogP contribution in [0.25, 0.3) is 0 Å². The van der Waals surface area contributed by atoms with Gasteiger partial charge in [-0.3, -0.25) is 0 Å². The Bertz CT molecular complexity index is 606. The van der Waals surface area contributed by atoms with E-state index in [1.54, 1.807) is 0 Å². The maximum absolute atomic E-state index is 6.35. The highest BCUT2D eigenvalue weighted by Crippen LogP contribution is 2.64. The van der Waals surface area contributed by atoms with Crippen molar-refractivity contribution >= 4 is 7.12 Å². The molecule has 0 N–H and O–H groups in total. The standard InChI is InChI=1S/C22H33BO2/c1-14-18(22-11-15-8-16(12-22)10-17(9-15)13-22)6-7-19(14)23-24-20(2,3)21(4,5)25-23/h6-7,15-18H,8-13H2,1-5H3. The van der Waals surface area contributed by atoms with Crippen LogP contribution < -0.4 is 0 Å². The molecule has 0 radical (unpaired) electrons. The Morgan fingerprint density at radius 1 is 0.880 bits per heavy atom. The lowest BCUT2D eigenvalue weighted by Crippen LogP contribution is -2.49. The monoisotopic (exact) mass is 340 g/mol. The van der Waals surface area contributed by atoms with Gasteiger partial charge < -0.3 is 9.31 Å². The first kappa shape index (κ1) is 16.6. The van der Waals surface area contributed by atoms with Gasteiger partial charge in [0.25, 0.3) is 0 Å². The van der Waals surface area contributed by atoms with Crippen molar-refractivity contribution in [3.8, 4) is 0 Å². The van der Waals surface area contributed by atoms with Crippen molar-refractivity contribution < 1.29 is 9.31 Å². The molecule has 4 saturated carbocycles. The normalized spacial score (nSPS) is 46.5. The van der Waals surface area contributed by atoms with Gasteiger partial charge in [0.15, 0.2) is 0 Å². The Labute approximate surface area is 153 Å². The van der Waals surface area contributed by atoms with Gasteiger partial charge in [-0.15, -0.1) is 0 Å². The third-order valence-electron chi connectivity index (χ3n) is 8.64. The maximum atomic E-state index is 6.35. The number of hydrogen-bond donors (Lipinski definition) is 0. The fraction of sp³-hybridized carbons (Fsp3) is 0.818. The minimum atomic E-state index is -0.252. The molecule has 0 aromatic carbocycles. The summed E-state index contributed by atoms with van der Waals surface area (Å²) in [6.45, 7) is 11.0. The Morgan fingerprint density at radius 2 is 1.36 bits per heavy atom. The molecule has 3 heteroatoms. The van der Waals surface area contributed by atoms with Crippen LogP contribution in [-0.4, -0.2) is 18.3 Å². The molecule has 6 aliphatic rings. The zero-order valence-electron chi connectivity index (χ0n) is 16.6. The summed E-state index contributed by atoms with van der Waals surface area (Å²) in [5.41, 5.74) is 2.87. The molecular formula is C22H33BO2. The quantitative estimate of drug-likeness (QED) is 0.632. The van der Waals surface area contributed by atoms with Gasteiger partial charge in [0, 0.05) is 5.92 Å². The summed E-state index contributed by atoms with van der Waals surface area (Å²) >= 11 is 0. The van der Waals surface area contributed by atoms with Crippen molar-refractivity contribution in [2.45, 2.75) is 84.3 Å². The first-order valence-electron chi connectivity index (χ1n) is 10.4. The highest BCUT2D eigenvalue weighted by atomic mass is 16.7. The molecular weight excluding hydrogens is 307 g/mol. The maximum Gasteiger partial charge on any atom is 0.494 e. The van der Waals surface area contributed by atoms with E-state index in [4.69, 9.17) is 9.31 Å². The average Bonchev–Trinajstić information content (AvgIpc) is 2.95. The third kappa shape index (κ3) is 2.31. The van der Waals surface area contributed by atoms with Crippen LogP contribution in [-0.2, 0) is 9.31 Å². The largest absolute Gasteiger partial charge is 0.494 e. The molecule has 1 aliphatic heterocycles. The van der Waals surface area contributed by atoms with Crippen molar-refractivity contribution in [1.82, 2.24) is 0 Å². The molecule has 1 atom stereocenters. The minimum absolute atomic E-state index is 0.194. The van der Waals surface area contributed by atoms with Crippen LogP contribution in [0.2, 0.25) is 0 Å². The van der Waals surface area contributed by atoms with E-state index in [1.165, 1.54) is 49.6 Å². The molecule has 5 fully saturated rings. The first-order chi connectivity index (χ1) is 11.7. The molecule has 0 aromatic rings. The molecule has 0 spiro atoms. The molecule has 0 aromatic heterocycles. The molecule has 1 unspecified atom stereocenters. The fourth-order valence-corrected chi connectivity index (χ4v) is 7.11. The highest BCUT2D eigenvalue weighted by Gasteiger charge is 2.57. The molecule has 0 amide bonds. The summed E-state index contributed by atoms with van der Waals surface area (Å²) in [5, 5.41) is 0. The minimum Gasteiger partial charge on any atom is -0.399 e. The van der Waals surface area contributed by atoms with E-state index in [0.29, 0.717) is 11.3 Å². The van der Waals surface area contributed by atoms with Gasteiger partial charge in [-0.05, 0) is 102 Å². The predicted molar refractivity (Wildman–Crippen MR) is 102 cm³/mol. The van der Waals surface area contributed by atoms with Crippen LogP contribution in [0.1, 0.15) is 73.1 Å². The summed E-state index contributed by atoms with van der Waals surface area (Å²) in [5.74, 6) is 3.64. The van der Waals surface area contributed by atoms with Gasteiger partial charge in [0.2, 0.25) is 0 Å². The van der Waals surface area contributed by atoms with Crippen molar-refractivity contribution in [2.24, 2.45) is 29.1 Å². The van der Waals surface area contributed by atoms with Crippen molar-refractivity contribution in [3.05, 3.63) is 23.2 Å². The Balaban J connectivity index is 1.44. The number of hydrogen-bond acceptors (Lipinski definition) is 2. The van der Waals surface area contributed by atoms with Gasteiger partial charge in [0.1, 0.15) is 0 Å². The summed E-state index contributed by atoms with van der Waals surface area (Å²) < 4.78 is 12.7. The Kier molecular flexibility index (Phi) is 3.35. The van der Waals surface area contributed by atoms with Crippen molar-refractivity contribution in [2.75, 3.05) is 0 Å². The van der Waals surface area contributed by atoms with Gasteiger partial charge in [-0.25, -0.2) is 0 Å². The predicted octanol–water partition coefficient (Wildman–Crippen LogP) is 5.34. The second kappa shape index (κ2) is 5.04. The molecule has 25 heavy (non-hydrogen) atoms. The third-order valence-corrected chi connectivity index (χ3v) is 8.64. The topological polar surface area (TPSA) is 18.5 Å². The highest BCUT2D eigenvalue weighted by molar-refractivity contribution is 6.56. The summed E-state index contributed by atoms with van der Waals surface area (Å²) in [7, 11) is -0.194. The lowest BCUT2D eigenvalue weighted by molar-refractivity contribution is -0.0686. The second-order valence-electron chi connectivity index (χ2n) is 10.8. The summed E-state index contributed by atoms with van der Waals surface area (Å²) in [6, 6.07) is 0. The molecule has 6 rings (SSSR count). The van der Waals surface area contributed by atoms with E-state index in [2.05, 4.69) is 46.8 Å². The van der Waals surface area contributed by atoms with E-state index in [0.717, 1.165) is 17.8 Å². The lowest BCUT2D eigenvalue weighted by atomic mass is 9.46. The molecule has 1 saturated heterocycles. The first-order valence-corrected chi connectivity index (χ1v) is 10.4. The summed E-state index contributed by atoms with van der Waals surface area (Å²) in [6.07, 6.45) is 13.8. The van der Waals surface area contributed by atoms with Crippen molar-refractivity contribution in [3.63, 3.8) is 0 Å². The Hall–Kier alpha value is -0.535. The number of rotatable bonds is 2. The van der Waals surface area contributed by atoms with Crippen LogP contribution in [0.15, 0.2) is 23.2 Å². The molecule has 136 valence electrons. The second-order valence-corrected chi connectivity index (χ2v) is 10.8. The fourth-order valence-electron chi connectivity index (χ4n) is 7.11. The van der Waals surface area contributed by atoms with Crippen LogP contribution in [0.3, 0.4) is 0 Å². The van der Waals surface area contributed by atoms with E-state index in [-0.39, 0.29) is 18.3 Å². The van der Waals surface area contributed by atoms with Crippen molar-refractivity contribution in [1.29, 1.82) is 0 Å². The van der Waals surface area contributed by atoms with E-state index < -0.39 is 0 Å². The Morgan fingerprint density at radius 3 is 1.84 bits per heavy atom. The van der Waals surface area contributed by atoms with Crippen LogP contribution >= 0.6 is 0 Å². The van der Waals surface area contributed by atoms with E-state index in [9.17, 15) is 0 Å². The van der Waals surface area contributed by atoms with Gasteiger partial charge >= 0.3 is 7.12 Å². The van der Waals surface area contributed by atoms with E-state index >= 15 is 0 Å². The average molecular weight is 340 g/mol. The molecule has 2 nitrogen and oxygen atoms in total. The summed E-state index contributed by atoms with van der Waals surface area (Å²) in [4.78, 5) is 0. The van der Waals surface area contributed by atoms with Crippen LogP contribution in [0, 0.1) is 29.1 Å². The number of allylic oxidation sites excluding steroid dienone is 4. The molecule has 1 heterocycles. The van der Waals surface area contributed by atoms with Crippen LogP contribution in [0.5, 0.6) is 0 Å². The SMILES string of the molecule is CC1=C(B2OC(C)(C)C(C)(C)O2)C=CC1C12CC3CC(CC(C3)C1)C2. The zero-order valence-corrected chi connectivity index (χ0v) is 16.6. The van der Waals surface area contributed by atoms with Gasteiger partial charge in [-0.2, -0.15) is 0 Å². The molecule has 4 bridgehead atoms. The van der Waals surface area contributed by atoms with E-state index in [1.807, 2.05) is 0 Å². The van der Waals surface area contributed by atoms with Gasteiger partial charge in [-0.1, -0.05) is 17.7 Å². The smallest absolute Gasteiger partial charge is 0.399 e. The lowest BCUT2D eigenvalue weighted by Gasteiger charge is -2.59. The zero-order chi connectivity index (χ0) is 17.6. The molecule has 5 aliphatic carbocycles.